The van der Waals surface area contributed by atoms with Crippen molar-refractivity contribution in [3.05, 3.63) is 11.6 Å². The van der Waals surface area contributed by atoms with Crippen molar-refractivity contribution in [2.24, 2.45) is 28.6 Å². The van der Waals surface area contributed by atoms with Crippen molar-refractivity contribution >= 4 is 5.78 Å². The molecule has 2 N–H and O–H groups in total. The molecular formula is C19H28O3. The lowest BCUT2D eigenvalue weighted by Gasteiger charge is -2.58. The van der Waals surface area contributed by atoms with Gasteiger partial charge in [-0.05, 0) is 66.8 Å². The fourth-order valence-electron chi connectivity index (χ4n) is 6.59. The van der Waals surface area contributed by atoms with Crippen LogP contribution in [0.4, 0.5) is 0 Å². The number of aliphatic hydroxyl groups excluding tert-OH is 2. The standard InChI is InChI=1S/C19H28O3/c1-18-7-5-12(20)9-11(18)3-4-13-14(18)6-8-19(2)16(22)10-15(21)17(13)19/h9,13-17,21-22H,3-8,10H2,1-2H3/t13-,14+,15+,16-,17-,18+,19-/m1/s1. The number of allylic oxidation sites excluding steroid dienone is 1. The van der Waals surface area contributed by atoms with Crippen LogP contribution in [0.5, 0.6) is 0 Å². The summed E-state index contributed by atoms with van der Waals surface area (Å²) >= 11 is 0. The Kier molecular flexibility index (Phi) is 3.16. The molecule has 4 aliphatic rings. The van der Waals surface area contributed by atoms with Crippen molar-refractivity contribution in [2.45, 2.75) is 71.0 Å². The van der Waals surface area contributed by atoms with Crippen molar-refractivity contribution in [3.8, 4) is 0 Å². The van der Waals surface area contributed by atoms with Gasteiger partial charge >= 0.3 is 0 Å². The molecule has 4 aliphatic carbocycles. The van der Waals surface area contributed by atoms with Gasteiger partial charge in [-0.2, -0.15) is 0 Å². The smallest absolute Gasteiger partial charge is 0.155 e. The van der Waals surface area contributed by atoms with Crippen molar-refractivity contribution in [1.29, 1.82) is 0 Å². The van der Waals surface area contributed by atoms with Gasteiger partial charge in [0, 0.05) is 12.8 Å². The maximum absolute atomic E-state index is 11.8. The summed E-state index contributed by atoms with van der Waals surface area (Å²) in [6, 6.07) is 0. The summed E-state index contributed by atoms with van der Waals surface area (Å²) < 4.78 is 0. The first kappa shape index (κ1) is 14.9. The van der Waals surface area contributed by atoms with Crippen LogP contribution < -0.4 is 0 Å². The molecule has 0 radical (unpaired) electrons. The monoisotopic (exact) mass is 304 g/mol. The van der Waals surface area contributed by atoms with Gasteiger partial charge in [-0.25, -0.2) is 0 Å². The highest BCUT2D eigenvalue weighted by Gasteiger charge is 2.61. The Hall–Kier alpha value is -0.670. The summed E-state index contributed by atoms with van der Waals surface area (Å²) in [4.78, 5) is 11.8. The van der Waals surface area contributed by atoms with Crippen molar-refractivity contribution in [3.63, 3.8) is 0 Å². The average molecular weight is 304 g/mol. The molecule has 3 fully saturated rings. The molecule has 0 saturated heterocycles. The summed E-state index contributed by atoms with van der Waals surface area (Å²) in [5.41, 5.74) is 1.40. The minimum absolute atomic E-state index is 0.108. The molecule has 3 saturated carbocycles. The van der Waals surface area contributed by atoms with Gasteiger partial charge in [-0.1, -0.05) is 19.4 Å². The van der Waals surface area contributed by atoms with Crippen LogP contribution in [0.15, 0.2) is 11.6 Å². The van der Waals surface area contributed by atoms with Gasteiger partial charge in [0.2, 0.25) is 0 Å². The molecule has 0 aliphatic heterocycles. The van der Waals surface area contributed by atoms with E-state index in [1.165, 1.54) is 5.57 Å². The fourth-order valence-corrected chi connectivity index (χ4v) is 6.59. The van der Waals surface area contributed by atoms with E-state index in [1.807, 2.05) is 6.08 Å². The zero-order chi connectivity index (χ0) is 15.7. The second-order valence-corrected chi connectivity index (χ2v) is 8.75. The summed E-state index contributed by atoms with van der Waals surface area (Å²) in [7, 11) is 0. The Balaban J connectivity index is 1.71. The first-order valence-corrected chi connectivity index (χ1v) is 8.96. The number of rotatable bonds is 0. The van der Waals surface area contributed by atoms with Crippen LogP contribution in [0.1, 0.15) is 58.8 Å². The van der Waals surface area contributed by atoms with Crippen LogP contribution in [-0.4, -0.2) is 28.2 Å². The summed E-state index contributed by atoms with van der Waals surface area (Å²) in [5, 5.41) is 21.1. The van der Waals surface area contributed by atoms with Crippen LogP contribution in [-0.2, 0) is 4.79 Å². The Morgan fingerprint density at radius 2 is 1.91 bits per heavy atom. The van der Waals surface area contributed by atoms with E-state index in [-0.39, 0.29) is 29.0 Å². The van der Waals surface area contributed by atoms with Gasteiger partial charge in [0.15, 0.2) is 5.78 Å². The fraction of sp³-hybridized carbons (Fsp3) is 0.842. The zero-order valence-corrected chi connectivity index (χ0v) is 13.7. The van der Waals surface area contributed by atoms with Crippen LogP contribution in [0.3, 0.4) is 0 Å². The van der Waals surface area contributed by atoms with E-state index in [4.69, 9.17) is 0 Å². The number of carbonyl (C=O) groups is 1. The Labute approximate surface area is 132 Å². The number of ketones is 1. The molecule has 3 heteroatoms. The molecule has 4 rings (SSSR count). The Morgan fingerprint density at radius 3 is 2.68 bits per heavy atom. The molecule has 3 nitrogen and oxygen atoms in total. The predicted octanol–water partition coefficient (Wildman–Crippen LogP) is 2.85. The van der Waals surface area contributed by atoms with E-state index in [0.717, 1.165) is 32.1 Å². The molecule has 22 heavy (non-hydrogen) atoms. The normalized spacial score (nSPS) is 54.3. The van der Waals surface area contributed by atoms with Crippen molar-refractivity contribution in [1.82, 2.24) is 0 Å². The van der Waals surface area contributed by atoms with Gasteiger partial charge < -0.3 is 10.2 Å². The van der Waals surface area contributed by atoms with E-state index in [9.17, 15) is 15.0 Å². The average Bonchev–Trinajstić information content (AvgIpc) is 2.70. The number of carbonyl (C=O) groups excluding carboxylic acids is 1. The summed E-state index contributed by atoms with van der Waals surface area (Å²) in [6.07, 6.45) is 7.62. The van der Waals surface area contributed by atoms with Crippen LogP contribution in [0.2, 0.25) is 0 Å². The lowest BCUT2D eigenvalue weighted by atomic mass is 9.47. The van der Waals surface area contributed by atoms with Crippen LogP contribution >= 0.6 is 0 Å². The van der Waals surface area contributed by atoms with Gasteiger partial charge in [-0.3, -0.25) is 4.79 Å². The molecule has 0 unspecified atom stereocenters. The van der Waals surface area contributed by atoms with Gasteiger partial charge in [0.1, 0.15) is 0 Å². The SMILES string of the molecule is C[C@]12CC[C@H]3[C@@H](CCC4=CC(=O)CC[C@@]43C)[C@@H]1[C@@H](O)C[C@H]2O. The summed E-state index contributed by atoms with van der Waals surface area (Å²) in [5.74, 6) is 1.60. The maximum Gasteiger partial charge on any atom is 0.155 e. The minimum Gasteiger partial charge on any atom is -0.393 e. The van der Waals surface area contributed by atoms with E-state index in [1.54, 1.807) is 0 Å². The predicted molar refractivity (Wildman–Crippen MR) is 84.1 cm³/mol. The maximum atomic E-state index is 11.8. The summed E-state index contributed by atoms with van der Waals surface area (Å²) in [6.45, 7) is 4.54. The number of hydrogen-bond acceptors (Lipinski definition) is 3. The molecule has 0 bridgehead atoms. The third-order valence-electron chi connectivity index (χ3n) is 7.90. The molecule has 7 atom stereocenters. The first-order chi connectivity index (χ1) is 10.4. The highest BCUT2D eigenvalue weighted by molar-refractivity contribution is 5.91. The zero-order valence-electron chi connectivity index (χ0n) is 13.7. The van der Waals surface area contributed by atoms with E-state index in [0.29, 0.717) is 30.5 Å². The third kappa shape index (κ3) is 1.78. The van der Waals surface area contributed by atoms with E-state index < -0.39 is 0 Å². The van der Waals surface area contributed by atoms with Crippen molar-refractivity contribution in [2.75, 3.05) is 0 Å². The number of aliphatic hydroxyl groups is 2. The van der Waals surface area contributed by atoms with Gasteiger partial charge in [0.25, 0.3) is 0 Å². The quantitative estimate of drug-likeness (QED) is 0.723. The minimum atomic E-state index is -0.355. The van der Waals surface area contributed by atoms with E-state index >= 15 is 0 Å². The largest absolute Gasteiger partial charge is 0.393 e. The molecule has 122 valence electrons. The lowest BCUT2D eigenvalue weighted by Crippen LogP contribution is -2.52. The lowest BCUT2D eigenvalue weighted by molar-refractivity contribution is -0.119. The Morgan fingerprint density at radius 1 is 1.14 bits per heavy atom. The molecule has 0 spiro atoms. The number of fused-ring (bicyclic) bond motifs is 5. The topological polar surface area (TPSA) is 57.5 Å². The third-order valence-corrected chi connectivity index (χ3v) is 7.90. The van der Waals surface area contributed by atoms with Crippen LogP contribution in [0, 0.1) is 28.6 Å². The van der Waals surface area contributed by atoms with Gasteiger partial charge in [-0.15, -0.1) is 0 Å². The Bertz CT molecular complexity index is 539. The molecule has 0 aromatic heterocycles. The molecule has 0 amide bonds. The molecule has 0 aromatic rings. The highest BCUT2D eigenvalue weighted by Crippen LogP contribution is 2.65. The second kappa shape index (κ2) is 4.67. The molecule has 0 heterocycles. The number of hydrogen-bond donors (Lipinski definition) is 2. The first-order valence-electron chi connectivity index (χ1n) is 8.96. The van der Waals surface area contributed by atoms with Crippen LogP contribution in [0.25, 0.3) is 0 Å². The van der Waals surface area contributed by atoms with E-state index in [2.05, 4.69) is 13.8 Å². The second-order valence-electron chi connectivity index (χ2n) is 8.75. The van der Waals surface area contributed by atoms with Crippen molar-refractivity contribution < 1.29 is 15.0 Å². The highest BCUT2D eigenvalue weighted by atomic mass is 16.3. The molecule has 0 aromatic carbocycles. The van der Waals surface area contributed by atoms with Gasteiger partial charge in [0.05, 0.1) is 12.2 Å². The molecular weight excluding hydrogens is 276 g/mol.